The number of para-hydroxylation sites is 1. The van der Waals surface area contributed by atoms with Gasteiger partial charge in [-0.2, -0.15) is 12.6 Å². The second-order valence-electron chi connectivity index (χ2n) is 3.49. The highest BCUT2D eigenvalue weighted by Gasteiger charge is 2.22. The third-order valence-corrected chi connectivity index (χ3v) is 2.79. The lowest BCUT2D eigenvalue weighted by Gasteiger charge is -2.19. The molecule has 0 aliphatic carbocycles. The van der Waals surface area contributed by atoms with Crippen molar-refractivity contribution in [2.45, 2.75) is 12.2 Å². The Balaban J connectivity index is 3.14. The second-order valence-corrected chi connectivity index (χ2v) is 3.86. The lowest BCUT2D eigenvalue weighted by Crippen LogP contribution is -2.21. The molecule has 0 heterocycles. The van der Waals surface area contributed by atoms with Gasteiger partial charge in [0.05, 0.1) is 24.5 Å². The van der Waals surface area contributed by atoms with E-state index in [0.29, 0.717) is 0 Å². The van der Waals surface area contributed by atoms with E-state index in [1.807, 2.05) is 0 Å². The number of hydrogen-bond acceptors (Lipinski definition) is 6. The SMILES string of the molecule is COC(=O)c1cccc(C(O)C(O)CS)c1N. The van der Waals surface area contributed by atoms with Gasteiger partial charge in [0.15, 0.2) is 0 Å². The Morgan fingerprint density at radius 2 is 2.18 bits per heavy atom. The number of esters is 1. The maximum absolute atomic E-state index is 11.4. The Morgan fingerprint density at radius 1 is 1.53 bits per heavy atom. The molecule has 0 bridgehead atoms. The average Bonchev–Trinajstić information content (AvgIpc) is 2.36. The predicted octanol–water partition coefficient (Wildman–Crippen LogP) is 0.380. The van der Waals surface area contributed by atoms with E-state index < -0.39 is 18.2 Å². The molecule has 0 aliphatic heterocycles. The lowest BCUT2D eigenvalue weighted by molar-refractivity contribution is 0.0341. The van der Waals surface area contributed by atoms with Crippen LogP contribution in [0.5, 0.6) is 0 Å². The minimum absolute atomic E-state index is 0.0864. The first kappa shape index (κ1) is 13.8. The van der Waals surface area contributed by atoms with Gasteiger partial charge in [-0.05, 0) is 6.07 Å². The zero-order valence-electron chi connectivity index (χ0n) is 9.33. The molecular formula is C11H15NO4S. The van der Waals surface area contributed by atoms with Gasteiger partial charge in [0.2, 0.25) is 0 Å². The minimum atomic E-state index is -1.18. The number of anilines is 1. The van der Waals surface area contributed by atoms with Crippen molar-refractivity contribution >= 4 is 24.3 Å². The summed E-state index contributed by atoms with van der Waals surface area (Å²) in [6.45, 7) is 0. The summed E-state index contributed by atoms with van der Waals surface area (Å²) in [5.74, 6) is -0.500. The highest BCUT2D eigenvalue weighted by molar-refractivity contribution is 7.80. The summed E-state index contributed by atoms with van der Waals surface area (Å²) in [6, 6.07) is 4.59. The maximum atomic E-state index is 11.4. The molecule has 0 spiro atoms. The topological polar surface area (TPSA) is 92.8 Å². The van der Waals surface area contributed by atoms with Crippen LogP contribution in [-0.2, 0) is 4.74 Å². The van der Waals surface area contributed by atoms with Crippen LogP contribution in [-0.4, -0.2) is 35.1 Å². The Kier molecular flexibility index (Phi) is 4.80. The summed E-state index contributed by atoms with van der Waals surface area (Å²) in [6.07, 6.45) is -2.23. The standard InChI is InChI=1S/C11H15NO4S/c1-16-11(15)7-4-2-3-6(9(7)12)10(14)8(13)5-17/h2-4,8,10,13-14,17H,5,12H2,1H3. The molecule has 2 unspecified atom stereocenters. The number of thiol groups is 1. The molecular weight excluding hydrogens is 242 g/mol. The Bertz CT molecular complexity index is 410. The molecule has 4 N–H and O–H groups in total. The van der Waals surface area contributed by atoms with Crippen molar-refractivity contribution in [1.82, 2.24) is 0 Å². The van der Waals surface area contributed by atoms with Crippen molar-refractivity contribution < 1.29 is 19.7 Å². The second kappa shape index (κ2) is 5.90. The van der Waals surface area contributed by atoms with Crippen LogP contribution in [0.15, 0.2) is 18.2 Å². The van der Waals surface area contributed by atoms with Gasteiger partial charge in [-0.15, -0.1) is 0 Å². The molecule has 1 rings (SSSR count). The molecule has 0 saturated carbocycles. The quantitative estimate of drug-likeness (QED) is 0.355. The van der Waals surface area contributed by atoms with Crippen molar-refractivity contribution in [1.29, 1.82) is 0 Å². The molecule has 6 heteroatoms. The maximum Gasteiger partial charge on any atom is 0.339 e. The first-order chi connectivity index (χ1) is 8.02. The monoisotopic (exact) mass is 257 g/mol. The van der Waals surface area contributed by atoms with E-state index in [0.717, 1.165) is 0 Å². The van der Waals surface area contributed by atoms with Gasteiger partial charge in [-0.25, -0.2) is 4.79 Å². The van der Waals surface area contributed by atoms with Crippen LogP contribution in [0.3, 0.4) is 0 Å². The zero-order chi connectivity index (χ0) is 13.0. The molecule has 5 nitrogen and oxygen atoms in total. The van der Waals surface area contributed by atoms with Crippen LogP contribution in [0.2, 0.25) is 0 Å². The number of nitrogens with two attached hydrogens (primary N) is 1. The van der Waals surface area contributed by atoms with Crippen LogP contribution >= 0.6 is 12.6 Å². The molecule has 1 aromatic carbocycles. The van der Waals surface area contributed by atoms with Crippen molar-refractivity contribution in [2.24, 2.45) is 0 Å². The molecule has 17 heavy (non-hydrogen) atoms. The largest absolute Gasteiger partial charge is 0.465 e. The van der Waals surface area contributed by atoms with Crippen LogP contribution in [0, 0.1) is 0 Å². The van der Waals surface area contributed by atoms with Crippen LogP contribution in [0.1, 0.15) is 22.0 Å². The van der Waals surface area contributed by atoms with Crippen LogP contribution in [0.4, 0.5) is 5.69 Å². The fraction of sp³-hybridized carbons (Fsp3) is 0.364. The molecule has 0 amide bonds. The van der Waals surface area contributed by atoms with Gasteiger partial charge in [0.25, 0.3) is 0 Å². The smallest absolute Gasteiger partial charge is 0.339 e. The van der Waals surface area contributed by atoms with Crippen molar-refractivity contribution in [3.63, 3.8) is 0 Å². The Labute approximate surface area is 105 Å². The number of methoxy groups -OCH3 is 1. The van der Waals surface area contributed by atoms with Gasteiger partial charge in [0, 0.05) is 11.3 Å². The number of nitrogen functional groups attached to an aromatic ring is 1. The van der Waals surface area contributed by atoms with Gasteiger partial charge >= 0.3 is 5.97 Å². The van der Waals surface area contributed by atoms with Gasteiger partial charge in [0.1, 0.15) is 6.10 Å². The minimum Gasteiger partial charge on any atom is -0.465 e. The number of carbonyl (C=O) groups excluding carboxylic acids is 1. The number of rotatable bonds is 4. The Morgan fingerprint density at radius 3 is 2.71 bits per heavy atom. The number of aliphatic hydroxyl groups is 2. The highest BCUT2D eigenvalue weighted by atomic mass is 32.1. The normalized spacial score (nSPS) is 14.1. The van der Waals surface area contributed by atoms with Crippen molar-refractivity contribution in [2.75, 3.05) is 18.6 Å². The van der Waals surface area contributed by atoms with Crippen LogP contribution < -0.4 is 5.73 Å². The fourth-order valence-electron chi connectivity index (χ4n) is 1.44. The first-order valence-corrected chi connectivity index (χ1v) is 5.59. The third-order valence-electron chi connectivity index (χ3n) is 2.42. The van der Waals surface area contributed by atoms with E-state index in [1.54, 1.807) is 12.1 Å². The van der Waals surface area contributed by atoms with Crippen molar-refractivity contribution in [3.05, 3.63) is 29.3 Å². The first-order valence-electron chi connectivity index (χ1n) is 4.96. The van der Waals surface area contributed by atoms with E-state index in [4.69, 9.17) is 5.73 Å². The summed E-state index contributed by atoms with van der Waals surface area (Å²) in [7, 11) is 1.24. The summed E-state index contributed by atoms with van der Waals surface area (Å²) < 4.78 is 4.56. The number of carbonyl (C=O) groups is 1. The van der Waals surface area contributed by atoms with E-state index in [-0.39, 0.29) is 22.6 Å². The Hall–Kier alpha value is -1.24. The van der Waals surface area contributed by atoms with E-state index in [9.17, 15) is 15.0 Å². The van der Waals surface area contributed by atoms with E-state index in [2.05, 4.69) is 17.4 Å². The predicted molar refractivity (Wildman–Crippen MR) is 67.0 cm³/mol. The molecule has 94 valence electrons. The molecule has 0 fully saturated rings. The van der Waals surface area contributed by atoms with Crippen molar-refractivity contribution in [3.8, 4) is 0 Å². The number of benzene rings is 1. The van der Waals surface area contributed by atoms with E-state index >= 15 is 0 Å². The summed E-state index contributed by atoms with van der Waals surface area (Å²) >= 11 is 3.88. The highest BCUT2D eigenvalue weighted by Crippen LogP contribution is 2.27. The zero-order valence-corrected chi connectivity index (χ0v) is 10.2. The van der Waals surface area contributed by atoms with Gasteiger partial charge in [-0.3, -0.25) is 0 Å². The van der Waals surface area contributed by atoms with Gasteiger partial charge in [-0.1, -0.05) is 12.1 Å². The third kappa shape index (κ3) is 2.91. The molecule has 0 aliphatic rings. The summed E-state index contributed by atoms with van der Waals surface area (Å²) in [5.41, 5.74) is 6.31. The van der Waals surface area contributed by atoms with E-state index in [1.165, 1.54) is 13.2 Å². The number of aliphatic hydroxyl groups excluding tert-OH is 2. The average molecular weight is 257 g/mol. The number of hydrogen-bond donors (Lipinski definition) is 4. The summed E-state index contributed by atoms with van der Waals surface area (Å²) in [4.78, 5) is 11.4. The molecule has 0 radical (unpaired) electrons. The fourth-order valence-corrected chi connectivity index (χ4v) is 1.64. The molecule has 1 aromatic rings. The number of ether oxygens (including phenoxy) is 1. The lowest BCUT2D eigenvalue weighted by atomic mass is 10.00. The van der Waals surface area contributed by atoms with Gasteiger partial charge < -0.3 is 20.7 Å². The molecule has 0 aromatic heterocycles. The summed E-state index contributed by atoms with van der Waals surface area (Å²) in [5, 5.41) is 19.3. The van der Waals surface area contributed by atoms with Crippen LogP contribution in [0.25, 0.3) is 0 Å². The molecule has 2 atom stereocenters. The molecule has 0 saturated heterocycles.